The zero-order chi connectivity index (χ0) is 20.5. The second kappa shape index (κ2) is 8.14. The normalized spacial score (nSPS) is 16.1. The van der Waals surface area contributed by atoms with Crippen LogP contribution in [-0.4, -0.2) is 31.7 Å². The topological polar surface area (TPSA) is 66.5 Å². The number of rotatable bonds is 4. The molecule has 1 saturated heterocycles. The number of nitrogens with one attached hydrogen (secondary N) is 1. The first kappa shape index (κ1) is 20.7. The molecule has 150 valence electrons. The van der Waals surface area contributed by atoms with Crippen LogP contribution in [0.2, 0.25) is 5.02 Å². The summed E-state index contributed by atoms with van der Waals surface area (Å²) >= 11 is 5.68. The fourth-order valence-corrected chi connectivity index (χ4v) is 4.86. The molecule has 9 heteroatoms. The van der Waals surface area contributed by atoms with Crippen LogP contribution in [-0.2, 0) is 14.8 Å². The van der Waals surface area contributed by atoms with Crippen LogP contribution in [0, 0.1) is 24.5 Å². The Morgan fingerprint density at radius 1 is 1.11 bits per heavy atom. The molecule has 0 atom stereocenters. The maximum Gasteiger partial charge on any atom is 0.243 e. The Labute approximate surface area is 167 Å². The highest BCUT2D eigenvalue weighted by Crippen LogP contribution is 2.27. The molecule has 5 nitrogen and oxygen atoms in total. The van der Waals surface area contributed by atoms with Gasteiger partial charge in [-0.1, -0.05) is 17.7 Å². The summed E-state index contributed by atoms with van der Waals surface area (Å²) in [4.78, 5) is 12.3. The van der Waals surface area contributed by atoms with Crippen LogP contribution >= 0.6 is 11.6 Å². The van der Waals surface area contributed by atoms with Gasteiger partial charge in [0.15, 0.2) is 0 Å². The highest BCUT2D eigenvalue weighted by Gasteiger charge is 2.32. The lowest BCUT2D eigenvalue weighted by Crippen LogP contribution is -2.41. The molecule has 1 aliphatic rings. The summed E-state index contributed by atoms with van der Waals surface area (Å²) in [5, 5.41) is 2.31. The number of nitrogens with zero attached hydrogens (tertiary/aromatic N) is 1. The monoisotopic (exact) mass is 428 g/mol. The number of hydrogen-bond donors (Lipinski definition) is 1. The van der Waals surface area contributed by atoms with E-state index in [1.807, 2.05) is 0 Å². The number of benzene rings is 2. The summed E-state index contributed by atoms with van der Waals surface area (Å²) in [5.74, 6) is -1.99. The van der Waals surface area contributed by atoms with Crippen molar-refractivity contribution in [2.45, 2.75) is 24.7 Å². The lowest BCUT2D eigenvalue weighted by atomic mass is 9.97. The fraction of sp³-hybridized carbons (Fsp3) is 0.316. The number of aryl methyl sites for hydroxylation is 1. The highest BCUT2D eigenvalue weighted by molar-refractivity contribution is 7.89. The zero-order valence-corrected chi connectivity index (χ0v) is 16.7. The first-order valence-electron chi connectivity index (χ1n) is 8.70. The minimum Gasteiger partial charge on any atom is -0.323 e. The van der Waals surface area contributed by atoms with Crippen LogP contribution in [0.1, 0.15) is 18.4 Å². The number of amides is 1. The van der Waals surface area contributed by atoms with Crippen molar-refractivity contribution in [3.8, 4) is 0 Å². The van der Waals surface area contributed by atoms with Gasteiger partial charge in [0, 0.05) is 19.0 Å². The van der Waals surface area contributed by atoms with Gasteiger partial charge in [0.2, 0.25) is 15.9 Å². The Kier molecular flexibility index (Phi) is 6.02. The van der Waals surface area contributed by atoms with Gasteiger partial charge in [-0.15, -0.1) is 0 Å². The number of anilines is 1. The second-order valence-corrected chi connectivity index (χ2v) is 9.07. The standard InChI is InChI=1S/C19H19ClF2N2O3S/c1-12-2-4-17(22)18(10-12)23-19(25)13-6-8-24(9-7-13)28(26,27)14-3-5-16(21)15(20)11-14/h2-5,10-11,13H,6-9H2,1H3,(H,23,25). The minimum atomic E-state index is -3.83. The zero-order valence-electron chi connectivity index (χ0n) is 15.1. The number of piperidine rings is 1. The predicted molar refractivity (Wildman–Crippen MR) is 103 cm³/mol. The summed E-state index contributed by atoms with van der Waals surface area (Å²) in [6, 6.07) is 7.68. The fourth-order valence-electron chi connectivity index (χ4n) is 3.11. The lowest BCUT2D eigenvalue weighted by Gasteiger charge is -2.30. The van der Waals surface area contributed by atoms with Gasteiger partial charge in [0.1, 0.15) is 11.6 Å². The van der Waals surface area contributed by atoms with Gasteiger partial charge in [-0.3, -0.25) is 4.79 Å². The van der Waals surface area contributed by atoms with E-state index in [4.69, 9.17) is 11.6 Å². The third-order valence-corrected chi connectivity index (χ3v) is 6.92. The molecule has 1 aliphatic heterocycles. The second-order valence-electron chi connectivity index (χ2n) is 6.73. The van der Waals surface area contributed by atoms with Crippen molar-refractivity contribution in [2.24, 2.45) is 5.92 Å². The van der Waals surface area contributed by atoms with E-state index < -0.39 is 27.6 Å². The van der Waals surface area contributed by atoms with E-state index in [-0.39, 0.29) is 34.6 Å². The van der Waals surface area contributed by atoms with Gasteiger partial charge < -0.3 is 5.32 Å². The minimum absolute atomic E-state index is 0.0939. The van der Waals surface area contributed by atoms with Gasteiger partial charge in [0.05, 0.1) is 15.6 Å². The van der Waals surface area contributed by atoms with Gasteiger partial charge >= 0.3 is 0 Å². The molecule has 0 aromatic heterocycles. The lowest BCUT2D eigenvalue weighted by molar-refractivity contribution is -0.120. The van der Waals surface area contributed by atoms with Gasteiger partial charge in [0.25, 0.3) is 0 Å². The first-order valence-corrected chi connectivity index (χ1v) is 10.5. The molecular weight excluding hydrogens is 410 g/mol. The molecule has 0 radical (unpaired) electrons. The molecule has 0 aliphatic carbocycles. The molecule has 1 N–H and O–H groups in total. The molecule has 1 amide bonds. The molecule has 0 saturated carbocycles. The van der Waals surface area contributed by atoms with Gasteiger partial charge in [-0.25, -0.2) is 17.2 Å². The molecule has 1 fully saturated rings. The van der Waals surface area contributed by atoms with E-state index in [2.05, 4.69) is 5.32 Å². The van der Waals surface area contributed by atoms with Crippen LogP contribution in [0.4, 0.5) is 14.5 Å². The van der Waals surface area contributed by atoms with E-state index >= 15 is 0 Å². The Morgan fingerprint density at radius 2 is 1.75 bits per heavy atom. The van der Waals surface area contributed by atoms with Crippen LogP contribution < -0.4 is 5.32 Å². The summed E-state index contributed by atoms with van der Waals surface area (Å²) in [6.07, 6.45) is 0.598. The summed E-state index contributed by atoms with van der Waals surface area (Å²) < 4.78 is 53.7. The Morgan fingerprint density at radius 3 is 2.39 bits per heavy atom. The Bertz CT molecular complexity index is 1010. The Hall–Kier alpha value is -2.03. The molecule has 0 spiro atoms. The third-order valence-electron chi connectivity index (χ3n) is 4.73. The van der Waals surface area contributed by atoms with Gasteiger partial charge in [-0.2, -0.15) is 4.31 Å². The van der Waals surface area contributed by atoms with Crippen molar-refractivity contribution in [3.05, 3.63) is 58.6 Å². The number of halogens is 3. The number of carbonyl (C=O) groups is 1. The number of sulfonamides is 1. The van der Waals surface area contributed by atoms with E-state index in [1.165, 1.54) is 10.4 Å². The maximum atomic E-state index is 13.8. The molecule has 1 heterocycles. The van der Waals surface area contributed by atoms with Crippen molar-refractivity contribution >= 4 is 33.2 Å². The first-order chi connectivity index (χ1) is 13.2. The highest BCUT2D eigenvalue weighted by atomic mass is 35.5. The average molecular weight is 429 g/mol. The third kappa shape index (κ3) is 4.34. The molecule has 0 unspecified atom stereocenters. The van der Waals surface area contributed by atoms with E-state index in [0.29, 0.717) is 12.8 Å². The average Bonchev–Trinajstić information content (AvgIpc) is 2.67. The van der Waals surface area contributed by atoms with Crippen molar-refractivity contribution in [3.63, 3.8) is 0 Å². The van der Waals surface area contributed by atoms with Crippen molar-refractivity contribution < 1.29 is 22.0 Å². The quantitative estimate of drug-likeness (QED) is 0.801. The summed E-state index contributed by atoms with van der Waals surface area (Å²) in [7, 11) is -3.83. The molecular formula is C19H19ClF2N2O3S. The van der Waals surface area contributed by atoms with Crippen molar-refractivity contribution in [1.29, 1.82) is 0 Å². The molecule has 0 bridgehead atoms. The van der Waals surface area contributed by atoms with Crippen LogP contribution in [0.3, 0.4) is 0 Å². The van der Waals surface area contributed by atoms with Crippen molar-refractivity contribution in [2.75, 3.05) is 18.4 Å². The number of carbonyl (C=O) groups excluding carboxylic acids is 1. The van der Waals surface area contributed by atoms with E-state index in [9.17, 15) is 22.0 Å². The molecule has 2 aromatic rings. The Balaban J connectivity index is 1.65. The molecule has 2 aromatic carbocycles. The van der Waals surface area contributed by atoms with E-state index in [0.717, 1.165) is 23.8 Å². The summed E-state index contributed by atoms with van der Waals surface area (Å²) in [5.41, 5.74) is 0.927. The molecule has 3 rings (SSSR count). The predicted octanol–water partition coefficient (Wildman–Crippen LogP) is 3.97. The van der Waals surface area contributed by atoms with E-state index in [1.54, 1.807) is 19.1 Å². The van der Waals surface area contributed by atoms with Crippen LogP contribution in [0.25, 0.3) is 0 Å². The van der Waals surface area contributed by atoms with Crippen LogP contribution in [0.5, 0.6) is 0 Å². The largest absolute Gasteiger partial charge is 0.323 e. The number of hydrogen-bond acceptors (Lipinski definition) is 3. The molecule has 28 heavy (non-hydrogen) atoms. The maximum absolute atomic E-state index is 13.8. The van der Waals surface area contributed by atoms with Gasteiger partial charge in [-0.05, 0) is 55.7 Å². The van der Waals surface area contributed by atoms with Crippen molar-refractivity contribution in [1.82, 2.24) is 4.31 Å². The van der Waals surface area contributed by atoms with Crippen LogP contribution in [0.15, 0.2) is 41.3 Å². The smallest absolute Gasteiger partial charge is 0.243 e. The summed E-state index contributed by atoms with van der Waals surface area (Å²) in [6.45, 7) is 2.05. The SMILES string of the molecule is Cc1ccc(F)c(NC(=O)C2CCN(S(=O)(=O)c3ccc(F)c(Cl)c3)CC2)c1.